The Balaban J connectivity index is 2.65. The first-order chi connectivity index (χ1) is 4.91. The molecule has 0 heterocycles. The topological polar surface area (TPSA) is 20.2 Å². The van der Waals surface area contributed by atoms with Gasteiger partial charge in [-0.1, -0.05) is 0 Å². The second-order valence-electron chi connectivity index (χ2n) is 2.28. The van der Waals surface area contributed by atoms with Crippen LogP contribution in [0.4, 0.5) is 0 Å². The zero-order chi connectivity index (χ0) is 7.66. The van der Waals surface area contributed by atoms with E-state index >= 15 is 0 Å². The monoisotopic (exact) mass is 321 g/mol. The summed E-state index contributed by atoms with van der Waals surface area (Å²) in [6, 6.07) is 0. The van der Waals surface area contributed by atoms with Crippen LogP contribution in [0.1, 0.15) is 32.1 Å². The zero-order valence-electron chi connectivity index (χ0n) is 6.15. The fourth-order valence-electron chi connectivity index (χ4n) is 0.787. The summed E-state index contributed by atoms with van der Waals surface area (Å²) in [5, 5.41) is 8.47. The molecule has 0 spiro atoms. The molecule has 0 saturated heterocycles. The molecule has 0 aromatic heterocycles. The molecule has 0 aromatic rings. The first-order valence-electron chi connectivity index (χ1n) is 3.73. The summed E-state index contributed by atoms with van der Waals surface area (Å²) < 4.78 is 1.40. The summed E-state index contributed by atoms with van der Waals surface area (Å²) in [5.74, 6) is 0. The average Bonchev–Trinajstić information content (AvgIpc) is 1.97. The van der Waals surface area contributed by atoms with Crippen LogP contribution in [0.15, 0.2) is 0 Å². The van der Waals surface area contributed by atoms with E-state index in [4.69, 9.17) is 5.11 Å². The van der Waals surface area contributed by atoms with E-state index in [1.165, 1.54) is 30.1 Å². The van der Waals surface area contributed by atoms with Crippen LogP contribution in [0.3, 0.4) is 0 Å². The average molecular weight is 322 g/mol. The van der Waals surface area contributed by atoms with Crippen LogP contribution in [0, 0.1) is 0 Å². The van der Waals surface area contributed by atoms with Gasteiger partial charge in [-0.25, -0.2) is 0 Å². The predicted octanol–water partition coefficient (Wildman–Crippen LogP) is -0.672. The van der Waals surface area contributed by atoms with Crippen LogP contribution in [0.5, 0.6) is 0 Å². The van der Waals surface area contributed by atoms with Crippen molar-refractivity contribution in [3.05, 3.63) is 0 Å². The Hall–Kier alpha value is 1.17. The number of halogens is 2. The van der Waals surface area contributed by atoms with E-state index in [9.17, 15) is 0 Å². The molecule has 0 radical (unpaired) electrons. The molecule has 0 fully saturated rings. The maximum absolute atomic E-state index is 8.47. The minimum absolute atomic E-state index is 0.344. The first-order valence-corrected chi connectivity index (χ1v) is 10.1. The number of aliphatic hydroxyl groups excluding tert-OH is 1. The van der Waals surface area contributed by atoms with Gasteiger partial charge in [0.05, 0.1) is 0 Å². The number of hydrogen-bond acceptors (Lipinski definition) is 1. The summed E-state index contributed by atoms with van der Waals surface area (Å²) in [6.07, 6.45) is 6.23. The molecule has 0 unspecified atom stereocenters. The number of rotatable bonds is 7. The fraction of sp³-hybridized carbons (Fsp3) is 1.00. The van der Waals surface area contributed by atoms with Crippen molar-refractivity contribution in [2.75, 3.05) is 11.0 Å². The van der Waals surface area contributed by atoms with Gasteiger partial charge >= 0.3 is 79.9 Å². The van der Waals surface area contributed by atoms with Gasteiger partial charge in [-0.2, -0.15) is 0 Å². The minimum atomic E-state index is 0.344. The van der Waals surface area contributed by atoms with Crippen LogP contribution in [0.25, 0.3) is 0 Å². The van der Waals surface area contributed by atoms with Crippen molar-refractivity contribution in [3.63, 3.8) is 0 Å². The number of hydrogen-bond donors (Lipinski definition) is 1. The molecular formula is C7H15BrIO-. The molecule has 0 aromatic carbocycles. The van der Waals surface area contributed by atoms with Crippen LogP contribution >= 0.6 is 12.7 Å². The molecule has 0 saturated carbocycles. The molecular weight excluding hydrogens is 307 g/mol. The third-order valence-electron chi connectivity index (χ3n) is 1.36. The molecule has 0 atom stereocenters. The van der Waals surface area contributed by atoms with E-state index < -0.39 is 0 Å². The Morgan fingerprint density at radius 3 is 2.20 bits per heavy atom. The Morgan fingerprint density at radius 2 is 1.60 bits per heavy atom. The fourth-order valence-corrected chi connectivity index (χ4v) is 3.04. The van der Waals surface area contributed by atoms with Gasteiger partial charge in [0, 0.05) is 0 Å². The molecule has 0 aliphatic heterocycles. The van der Waals surface area contributed by atoms with E-state index in [1.807, 2.05) is 0 Å². The Morgan fingerprint density at radius 1 is 1.00 bits per heavy atom. The van der Waals surface area contributed by atoms with Crippen molar-refractivity contribution in [3.8, 4) is 0 Å². The normalized spacial score (nSPS) is 10.6. The van der Waals surface area contributed by atoms with Gasteiger partial charge in [0.2, 0.25) is 0 Å². The second-order valence-corrected chi connectivity index (χ2v) is 6.78. The maximum atomic E-state index is 8.47. The summed E-state index contributed by atoms with van der Waals surface area (Å²) in [5.41, 5.74) is 0. The van der Waals surface area contributed by atoms with E-state index in [0.717, 1.165) is 6.42 Å². The Kier molecular flexibility index (Phi) is 11.4. The van der Waals surface area contributed by atoms with E-state index in [2.05, 4.69) is 12.7 Å². The molecule has 1 nitrogen and oxygen atoms in total. The number of alkyl halides is 1. The van der Waals surface area contributed by atoms with Crippen molar-refractivity contribution in [2.45, 2.75) is 32.1 Å². The van der Waals surface area contributed by atoms with Gasteiger partial charge in [-0.3, -0.25) is 0 Å². The molecule has 0 aliphatic rings. The van der Waals surface area contributed by atoms with Gasteiger partial charge in [0.25, 0.3) is 0 Å². The van der Waals surface area contributed by atoms with E-state index in [0.29, 0.717) is 25.6 Å². The third kappa shape index (κ3) is 9.17. The standard InChI is InChI=1S/C7H15BrIO/c8-9-6-4-2-1-3-5-7-10/h10H,1-7H2/q-1. The molecule has 0 amide bonds. The molecule has 0 bridgehead atoms. The molecule has 0 rings (SSSR count). The van der Waals surface area contributed by atoms with Crippen LogP contribution in [-0.4, -0.2) is 16.1 Å². The van der Waals surface area contributed by atoms with Crippen LogP contribution in [0.2, 0.25) is 0 Å². The second kappa shape index (κ2) is 10.2. The van der Waals surface area contributed by atoms with E-state index in [1.54, 1.807) is 0 Å². The molecule has 10 heavy (non-hydrogen) atoms. The zero-order valence-corrected chi connectivity index (χ0v) is 9.90. The van der Waals surface area contributed by atoms with Gasteiger partial charge in [0.1, 0.15) is 0 Å². The summed E-state index contributed by atoms with van der Waals surface area (Å²) in [6.45, 7) is 0.366. The third-order valence-corrected chi connectivity index (χ3v) is 4.54. The molecule has 3 heteroatoms. The van der Waals surface area contributed by atoms with Gasteiger partial charge in [-0.15, -0.1) is 0 Å². The summed E-state index contributed by atoms with van der Waals surface area (Å²) in [4.78, 5) is 0. The van der Waals surface area contributed by atoms with E-state index in [-0.39, 0.29) is 0 Å². The van der Waals surface area contributed by atoms with Crippen molar-refractivity contribution < 1.29 is 24.1 Å². The Labute approximate surface area is 79.6 Å². The first kappa shape index (κ1) is 11.2. The van der Waals surface area contributed by atoms with Crippen molar-refractivity contribution in [2.24, 2.45) is 0 Å². The van der Waals surface area contributed by atoms with Crippen molar-refractivity contribution >= 4 is 12.7 Å². The van der Waals surface area contributed by atoms with Gasteiger partial charge in [-0.05, 0) is 0 Å². The SMILES string of the molecule is OCCCCCCC[I-]Br. The van der Waals surface area contributed by atoms with Crippen molar-refractivity contribution in [1.29, 1.82) is 0 Å². The summed E-state index contributed by atoms with van der Waals surface area (Å²) >= 11 is 3.85. The van der Waals surface area contributed by atoms with Crippen LogP contribution in [-0.2, 0) is 0 Å². The number of unbranched alkanes of at least 4 members (excludes halogenated alkanes) is 4. The molecule has 1 N–H and O–H groups in total. The molecule has 64 valence electrons. The van der Waals surface area contributed by atoms with Gasteiger partial charge in [0.15, 0.2) is 0 Å². The van der Waals surface area contributed by atoms with Crippen molar-refractivity contribution in [1.82, 2.24) is 0 Å². The number of aliphatic hydroxyl groups is 1. The molecule has 0 aliphatic carbocycles. The van der Waals surface area contributed by atoms with Gasteiger partial charge < -0.3 is 0 Å². The predicted molar refractivity (Wildman–Crippen MR) is 44.0 cm³/mol. The quantitative estimate of drug-likeness (QED) is 0.374. The summed E-state index contributed by atoms with van der Waals surface area (Å²) in [7, 11) is 0. The Bertz CT molecular complexity index is 53.6. The van der Waals surface area contributed by atoms with Crippen LogP contribution < -0.4 is 19.0 Å².